The maximum atomic E-state index is 0. The molecule has 0 bridgehead atoms. The zero-order chi connectivity index (χ0) is 0. The van der Waals surface area contributed by atoms with Gasteiger partial charge in [0.15, 0.2) is 0 Å². The third-order valence-corrected chi connectivity index (χ3v) is 0. The number of hydrogen-bond donors (Lipinski definition) is 0. The average Bonchev–Trinajstić information content (AvgIpc) is 0. The van der Waals surface area contributed by atoms with E-state index in [1.54, 1.807) is 0 Å². The van der Waals surface area contributed by atoms with Gasteiger partial charge in [-0.05, 0) is 0 Å². The first-order chi connectivity index (χ1) is 0. The first kappa shape index (κ1) is 816. The van der Waals surface area contributed by atoms with Crippen LogP contribution in [0.25, 0.3) is 0 Å². The van der Waals surface area contributed by atoms with Crippen molar-refractivity contribution in [1.82, 2.24) is 0 Å². The fourth-order valence-corrected chi connectivity index (χ4v) is 0. The minimum Gasteiger partial charge on any atom is -0.870 e. The van der Waals surface area contributed by atoms with Crippen LogP contribution in [0.3, 0.4) is 0 Å². The van der Waals surface area contributed by atoms with Crippen LogP contribution in [-0.4, -0.2) is 50.2 Å². The SMILES string of the molecule is O.[Al+3].[Fe+2].[OH-].[OH-].[OH-].[OH-].[OH-]. The summed E-state index contributed by atoms with van der Waals surface area (Å²) in [6.07, 6.45) is 0. The van der Waals surface area contributed by atoms with Gasteiger partial charge in [0.05, 0.1) is 0 Å². The van der Waals surface area contributed by atoms with Crippen molar-refractivity contribution < 1.29 is 49.9 Å². The van der Waals surface area contributed by atoms with Crippen molar-refractivity contribution >= 4 is 17.4 Å². The quantitative estimate of drug-likeness (QED) is 0.391. The van der Waals surface area contributed by atoms with Gasteiger partial charge in [-0.25, -0.2) is 0 Å². The van der Waals surface area contributed by atoms with Crippen molar-refractivity contribution in [2.45, 2.75) is 0 Å². The Labute approximate surface area is 67.7 Å². The van der Waals surface area contributed by atoms with Crippen molar-refractivity contribution in [1.29, 1.82) is 0 Å². The largest absolute Gasteiger partial charge is 3.00 e. The van der Waals surface area contributed by atoms with Crippen LogP contribution in [0.2, 0.25) is 0 Å². The Morgan fingerprint density at radius 2 is 0.500 bits per heavy atom. The smallest absolute Gasteiger partial charge is 0.870 e. The van der Waals surface area contributed by atoms with E-state index in [1.165, 1.54) is 0 Å². The molecule has 0 saturated heterocycles. The maximum Gasteiger partial charge on any atom is 3.00 e. The predicted octanol–water partition coefficient (Wildman–Crippen LogP) is -2.09. The molecular weight excluding hydrogens is 179 g/mol. The summed E-state index contributed by atoms with van der Waals surface area (Å²) in [6.45, 7) is 0. The molecule has 0 heterocycles. The third kappa shape index (κ3) is 349. The molecule has 0 atom stereocenters. The molecular formula is H7AlFeO6. The van der Waals surface area contributed by atoms with Gasteiger partial charge in [0.2, 0.25) is 0 Å². The molecule has 54 valence electrons. The standard InChI is InChI=1S/Al.Fe.6H2O/h;;6*1H2/q+3;+2;;;;;;/p-5. The molecule has 6 nitrogen and oxygen atoms in total. The summed E-state index contributed by atoms with van der Waals surface area (Å²) in [5.41, 5.74) is 0. The van der Waals surface area contributed by atoms with E-state index in [-0.39, 0.29) is 67.3 Å². The molecule has 0 aliphatic heterocycles. The van der Waals surface area contributed by atoms with E-state index in [2.05, 4.69) is 0 Å². The van der Waals surface area contributed by atoms with Crippen LogP contribution in [0.5, 0.6) is 0 Å². The predicted molar refractivity (Wildman–Crippen MR) is 19.0 cm³/mol. The summed E-state index contributed by atoms with van der Waals surface area (Å²) in [5, 5.41) is 0. The molecule has 0 aromatic heterocycles. The van der Waals surface area contributed by atoms with Crippen LogP contribution in [0, 0.1) is 0 Å². The van der Waals surface area contributed by atoms with E-state index in [4.69, 9.17) is 0 Å². The topological polar surface area (TPSA) is 182 Å². The number of rotatable bonds is 0. The fourth-order valence-electron chi connectivity index (χ4n) is 0. The number of hydrogen-bond acceptors (Lipinski definition) is 5. The van der Waals surface area contributed by atoms with Gasteiger partial charge in [-0.2, -0.15) is 0 Å². The van der Waals surface area contributed by atoms with E-state index in [0.717, 1.165) is 0 Å². The molecule has 0 rings (SSSR count). The molecule has 0 aliphatic rings. The molecule has 0 aromatic carbocycles. The molecule has 0 fully saturated rings. The molecule has 0 spiro atoms. The second-order valence-electron chi connectivity index (χ2n) is 0. The minimum atomic E-state index is 0. The van der Waals surface area contributed by atoms with Crippen LogP contribution in [0.1, 0.15) is 0 Å². The van der Waals surface area contributed by atoms with Gasteiger partial charge in [-0.1, -0.05) is 0 Å². The van der Waals surface area contributed by atoms with Gasteiger partial charge < -0.3 is 32.9 Å². The molecule has 0 amide bonds. The normalized spacial score (nSPS) is 0. The Morgan fingerprint density at radius 1 is 0.500 bits per heavy atom. The van der Waals surface area contributed by atoms with E-state index >= 15 is 0 Å². The second kappa shape index (κ2) is 550. The molecule has 0 aliphatic carbocycles. The average molecular weight is 186 g/mol. The fraction of sp³-hybridized carbons (Fsp3) is 0. The Morgan fingerprint density at radius 3 is 0.500 bits per heavy atom. The molecule has 7 N–H and O–H groups in total. The van der Waals surface area contributed by atoms with Crippen molar-refractivity contribution in [2.75, 3.05) is 0 Å². The summed E-state index contributed by atoms with van der Waals surface area (Å²) in [6, 6.07) is 0. The Bertz CT molecular complexity index is 8.49. The van der Waals surface area contributed by atoms with Gasteiger partial charge in [-0.3, -0.25) is 0 Å². The third-order valence-electron chi connectivity index (χ3n) is 0. The van der Waals surface area contributed by atoms with Gasteiger partial charge >= 0.3 is 34.4 Å². The minimum absolute atomic E-state index is 0. The zero-order valence-corrected chi connectivity index (χ0v) is 5.93. The zero-order valence-electron chi connectivity index (χ0n) is 3.67. The monoisotopic (exact) mass is 186 g/mol. The van der Waals surface area contributed by atoms with Crippen LogP contribution < -0.4 is 0 Å². The van der Waals surface area contributed by atoms with Crippen LogP contribution in [0.4, 0.5) is 0 Å². The molecule has 0 radical (unpaired) electrons. The van der Waals surface area contributed by atoms with Crippen LogP contribution in [-0.2, 0) is 17.1 Å². The van der Waals surface area contributed by atoms with Crippen LogP contribution in [0.15, 0.2) is 0 Å². The van der Waals surface area contributed by atoms with E-state index in [1.807, 2.05) is 0 Å². The van der Waals surface area contributed by atoms with Crippen molar-refractivity contribution in [3.8, 4) is 0 Å². The maximum absolute atomic E-state index is 0. The first-order valence-corrected chi connectivity index (χ1v) is 0. The summed E-state index contributed by atoms with van der Waals surface area (Å²) < 4.78 is 0. The first-order valence-electron chi connectivity index (χ1n) is 0. The van der Waals surface area contributed by atoms with Crippen LogP contribution >= 0.6 is 0 Å². The summed E-state index contributed by atoms with van der Waals surface area (Å²) >= 11 is 0. The Hall–Kier alpha value is 0.812. The Kier molecular flexibility index (Phi) is 56100. The summed E-state index contributed by atoms with van der Waals surface area (Å²) in [4.78, 5) is 0. The van der Waals surface area contributed by atoms with E-state index in [9.17, 15) is 0 Å². The van der Waals surface area contributed by atoms with E-state index in [0.29, 0.717) is 0 Å². The van der Waals surface area contributed by atoms with Gasteiger partial charge in [0.25, 0.3) is 0 Å². The van der Waals surface area contributed by atoms with Gasteiger partial charge in [0.1, 0.15) is 0 Å². The van der Waals surface area contributed by atoms with Crippen molar-refractivity contribution in [3.63, 3.8) is 0 Å². The van der Waals surface area contributed by atoms with E-state index < -0.39 is 0 Å². The van der Waals surface area contributed by atoms with Crippen molar-refractivity contribution in [3.05, 3.63) is 0 Å². The molecule has 0 aromatic rings. The summed E-state index contributed by atoms with van der Waals surface area (Å²) in [5.74, 6) is 0. The van der Waals surface area contributed by atoms with Gasteiger partial charge in [-0.15, -0.1) is 0 Å². The Balaban J connectivity index is 0. The molecule has 0 saturated carbocycles. The van der Waals surface area contributed by atoms with Crippen molar-refractivity contribution in [2.24, 2.45) is 0 Å². The molecule has 8 heteroatoms. The molecule has 0 unspecified atom stereocenters. The van der Waals surface area contributed by atoms with Gasteiger partial charge in [0, 0.05) is 0 Å². The molecule has 8 heavy (non-hydrogen) atoms. The summed E-state index contributed by atoms with van der Waals surface area (Å²) in [7, 11) is 0. The second-order valence-corrected chi connectivity index (χ2v) is 0.